The molecule has 0 spiro atoms. The Bertz CT molecular complexity index is 746. The van der Waals surface area contributed by atoms with E-state index >= 15 is 0 Å². The summed E-state index contributed by atoms with van der Waals surface area (Å²) in [5.74, 6) is 0.0554. The SMILES string of the molecule is CCCCOc1ccc(/C=C2\SC(=O)N(CC(=O)OC)C2=O)cc1OCC. The van der Waals surface area contributed by atoms with Gasteiger partial charge < -0.3 is 14.2 Å². The van der Waals surface area contributed by atoms with Gasteiger partial charge in [0.05, 0.1) is 25.2 Å². The maximum absolute atomic E-state index is 12.4. The molecule has 2 amide bonds. The number of benzene rings is 1. The molecule has 1 aliphatic heterocycles. The van der Waals surface area contributed by atoms with Crippen molar-refractivity contribution in [2.45, 2.75) is 26.7 Å². The monoisotopic (exact) mass is 393 g/mol. The second-order valence-corrected chi connectivity index (χ2v) is 6.68. The highest BCUT2D eigenvalue weighted by Crippen LogP contribution is 2.34. The summed E-state index contributed by atoms with van der Waals surface area (Å²) in [7, 11) is 1.21. The summed E-state index contributed by atoms with van der Waals surface area (Å²) in [4.78, 5) is 36.8. The number of thioether (sulfide) groups is 1. The van der Waals surface area contributed by atoms with Gasteiger partial charge in [-0.05, 0) is 48.9 Å². The van der Waals surface area contributed by atoms with Crippen LogP contribution in [0.4, 0.5) is 4.79 Å². The van der Waals surface area contributed by atoms with E-state index in [1.807, 2.05) is 6.92 Å². The Hall–Kier alpha value is -2.48. The van der Waals surface area contributed by atoms with Crippen molar-refractivity contribution >= 4 is 35.0 Å². The van der Waals surface area contributed by atoms with E-state index in [4.69, 9.17) is 9.47 Å². The van der Waals surface area contributed by atoms with Crippen molar-refractivity contribution in [3.63, 3.8) is 0 Å². The van der Waals surface area contributed by atoms with E-state index in [1.165, 1.54) is 7.11 Å². The second kappa shape index (κ2) is 10.0. The van der Waals surface area contributed by atoms with Crippen LogP contribution in [0.3, 0.4) is 0 Å². The van der Waals surface area contributed by atoms with Gasteiger partial charge in [0.25, 0.3) is 11.1 Å². The van der Waals surface area contributed by atoms with Gasteiger partial charge in [-0.15, -0.1) is 0 Å². The molecule has 0 N–H and O–H groups in total. The van der Waals surface area contributed by atoms with Crippen LogP contribution in [0.5, 0.6) is 11.5 Å². The van der Waals surface area contributed by atoms with Crippen molar-refractivity contribution in [3.8, 4) is 11.5 Å². The Morgan fingerprint density at radius 3 is 2.63 bits per heavy atom. The van der Waals surface area contributed by atoms with Gasteiger partial charge in [-0.25, -0.2) is 0 Å². The number of unbranched alkanes of at least 4 members (excludes halogenated alkanes) is 1. The molecule has 0 bridgehead atoms. The number of amides is 2. The van der Waals surface area contributed by atoms with E-state index in [0.717, 1.165) is 29.5 Å². The fraction of sp³-hybridized carbons (Fsp3) is 0.421. The quantitative estimate of drug-likeness (QED) is 0.361. The van der Waals surface area contributed by atoms with Gasteiger partial charge >= 0.3 is 5.97 Å². The molecular weight excluding hydrogens is 370 g/mol. The maximum atomic E-state index is 12.4. The summed E-state index contributed by atoms with van der Waals surface area (Å²) < 4.78 is 15.9. The van der Waals surface area contributed by atoms with Gasteiger partial charge in [0, 0.05) is 0 Å². The van der Waals surface area contributed by atoms with Crippen molar-refractivity contribution in [3.05, 3.63) is 28.7 Å². The largest absolute Gasteiger partial charge is 0.490 e. The van der Waals surface area contributed by atoms with Crippen LogP contribution in [0, 0.1) is 0 Å². The van der Waals surface area contributed by atoms with Crippen LogP contribution >= 0.6 is 11.8 Å². The number of esters is 1. The third-order valence-electron chi connectivity index (χ3n) is 3.71. The first kappa shape index (κ1) is 20.8. The van der Waals surface area contributed by atoms with E-state index < -0.39 is 23.7 Å². The molecule has 27 heavy (non-hydrogen) atoms. The summed E-state index contributed by atoms with van der Waals surface area (Å²) in [6, 6.07) is 5.34. The molecule has 2 rings (SSSR count). The minimum Gasteiger partial charge on any atom is -0.490 e. The van der Waals surface area contributed by atoms with E-state index in [0.29, 0.717) is 30.3 Å². The highest BCUT2D eigenvalue weighted by atomic mass is 32.2. The molecule has 0 unspecified atom stereocenters. The maximum Gasteiger partial charge on any atom is 0.325 e. The first-order valence-corrected chi connectivity index (χ1v) is 9.53. The van der Waals surface area contributed by atoms with Gasteiger partial charge in [-0.2, -0.15) is 0 Å². The zero-order chi connectivity index (χ0) is 19.8. The molecule has 1 aliphatic rings. The highest BCUT2D eigenvalue weighted by Gasteiger charge is 2.36. The number of carbonyl (C=O) groups excluding carboxylic acids is 3. The summed E-state index contributed by atoms with van der Waals surface area (Å²) in [6.45, 7) is 4.64. The molecule has 0 aliphatic carbocycles. The van der Waals surface area contributed by atoms with Crippen molar-refractivity contribution in [1.29, 1.82) is 0 Å². The molecule has 1 aromatic rings. The summed E-state index contributed by atoms with van der Waals surface area (Å²) in [5, 5.41) is -0.499. The molecule has 146 valence electrons. The lowest BCUT2D eigenvalue weighted by molar-refractivity contribution is -0.143. The molecule has 1 saturated heterocycles. The fourth-order valence-corrected chi connectivity index (χ4v) is 3.15. The van der Waals surface area contributed by atoms with Crippen LogP contribution in [0.1, 0.15) is 32.3 Å². The van der Waals surface area contributed by atoms with E-state index in [-0.39, 0.29) is 4.91 Å². The first-order chi connectivity index (χ1) is 13.0. The Morgan fingerprint density at radius 2 is 1.96 bits per heavy atom. The third-order valence-corrected chi connectivity index (χ3v) is 4.62. The Kier molecular flexibility index (Phi) is 7.72. The lowest BCUT2D eigenvalue weighted by atomic mass is 10.2. The van der Waals surface area contributed by atoms with E-state index in [1.54, 1.807) is 24.3 Å². The smallest absolute Gasteiger partial charge is 0.325 e. The number of rotatable bonds is 9. The Morgan fingerprint density at radius 1 is 1.19 bits per heavy atom. The van der Waals surface area contributed by atoms with Gasteiger partial charge in [0.15, 0.2) is 11.5 Å². The van der Waals surface area contributed by atoms with Gasteiger partial charge in [0.2, 0.25) is 0 Å². The van der Waals surface area contributed by atoms with E-state index in [9.17, 15) is 14.4 Å². The van der Waals surface area contributed by atoms with Gasteiger partial charge in [-0.1, -0.05) is 19.4 Å². The normalized spacial score (nSPS) is 15.4. The number of hydrogen-bond donors (Lipinski definition) is 0. The average Bonchev–Trinajstić information content (AvgIpc) is 2.91. The molecule has 8 heteroatoms. The summed E-state index contributed by atoms with van der Waals surface area (Å²) in [6.07, 6.45) is 3.57. The lowest BCUT2D eigenvalue weighted by Crippen LogP contribution is -2.34. The molecule has 0 saturated carbocycles. The standard InChI is InChI=1S/C19H23NO6S/c1-4-6-9-26-14-8-7-13(10-15(14)25-5-2)11-16-18(22)20(19(23)27-16)12-17(21)24-3/h7-8,10-11H,4-6,9,12H2,1-3H3/b16-11-. The molecule has 1 fully saturated rings. The van der Waals surface area contributed by atoms with Crippen LogP contribution in [0.2, 0.25) is 0 Å². The highest BCUT2D eigenvalue weighted by molar-refractivity contribution is 8.18. The van der Waals surface area contributed by atoms with Gasteiger partial charge in [-0.3, -0.25) is 19.3 Å². The number of imide groups is 1. The zero-order valence-electron chi connectivity index (χ0n) is 15.6. The number of carbonyl (C=O) groups is 3. The van der Waals surface area contributed by atoms with Gasteiger partial charge in [0.1, 0.15) is 6.54 Å². The third kappa shape index (κ3) is 5.50. The minimum atomic E-state index is -0.647. The number of ether oxygens (including phenoxy) is 3. The number of nitrogens with zero attached hydrogens (tertiary/aromatic N) is 1. The molecule has 0 radical (unpaired) electrons. The van der Waals surface area contributed by atoms with Crippen LogP contribution < -0.4 is 9.47 Å². The Labute approximate surface area is 162 Å². The molecule has 1 heterocycles. The zero-order valence-corrected chi connectivity index (χ0v) is 16.5. The molecule has 1 aromatic carbocycles. The van der Waals surface area contributed by atoms with Crippen molar-refractivity contribution in [2.24, 2.45) is 0 Å². The van der Waals surface area contributed by atoms with Crippen LogP contribution in [0.15, 0.2) is 23.1 Å². The van der Waals surface area contributed by atoms with Crippen LogP contribution in [-0.2, 0) is 14.3 Å². The van der Waals surface area contributed by atoms with Crippen LogP contribution in [-0.4, -0.2) is 48.9 Å². The first-order valence-electron chi connectivity index (χ1n) is 8.72. The topological polar surface area (TPSA) is 82.1 Å². The lowest BCUT2D eigenvalue weighted by Gasteiger charge is -2.12. The number of hydrogen-bond acceptors (Lipinski definition) is 7. The van der Waals surface area contributed by atoms with Crippen molar-refractivity contribution < 1.29 is 28.6 Å². The minimum absolute atomic E-state index is 0.242. The second-order valence-electron chi connectivity index (χ2n) is 5.69. The summed E-state index contributed by atoms with van der Waals surface area (Å²) >= 11 is 0.788. The predicted molar refractivity (Wildman–Crippen MR) is 103 cm³/mol. The molecular formula is C19H23NO6S. The molecule has 0 atom stereocenters. The predicted octanol–water partition coefficient (Wildman–Crippen LogP) is 3.47. The Balaban J connectivity index is 2.20. The molecule has 0 aromatic heterocycles. The van der Waals surface area contributed by atoms with Crippen molar-refractivity contribution in [1.82, 2.24) is 4.90 Å². The number of methoxy groups -OCH3 is 1. The molecule has 7 nitrogen and oxygen atoms in total. The van der Waals surface area contributed by atoms with Crippen molar-refractivity contribution in [2.75, 3.05) is 26.9 Å². The van der Waals surface area contributed by atoms with Crippen LogP contribution in [0.25, 0.3) is 6.08 Å². The summed E-state index contributed by atoms with van der Waals surface area (Å²) in [5.41, 5.74) is 0.699. The van der Waals surface area contributed by atoms with E-state index in [2.05, 4.69) is 11.7 Å². The fourth-order valence-electron chi connectivity index (χ4n) is 2.31. The average molecular weight is 393 g/mol.